The second-order valence-corrected chi connectivity index (χ2v) is 30.4. The summed E-state index contributed by atoms with van der Waals surface area (Å²) in [6, 6.07) is 9.30. The smallest absolute Gasteiger partial charge is 0.333 e. The third kappa shape index (κ3) is 38.6. The Morgan fingerprint density at radius 1 is 0.397 bits per heavy atom. The van der Waals surface area contributed by atoms with Crippen molar-refractivity contribution in [3.8, 4) is 11.5 Å². The minimum Gasteiger partial charge on any atom is -0.507 e. The number of benzene rings is 2. The van der Waals surface area contributed by atoms with Gasteiger partial charge in [-0.3, -0.25) is 126 Å². The maximum atomic E-state index is 13.5. The van der Waals surface area contributed by atoms with Gasteiger partial charge in [0.15, 0.2) is 11.6 Å². The quantitative estimate of drug-likeness (QED) is 0.0250. The van der Waals surface area contributed by atoms with Gasteiger partial charge < -0.3 is 60.8 Å². The molecule has 2 aromatic carbocycles. The second kappa shape index (κ2) is 50.9. The maximum Gasteiger partial charge on any atom is 0.333 e. The minimum atomic E-state index is -1.07. The molecule has 0 aliphatic carbocycles. The number of nitrogens with zero attached hydrogens (tertiary/aromatic N) is 12. The molecule has 0 aromatic heterocycles. The van der Waals surface area contributed by atoms with E-state index < -0.39 is 108 Å². The summed E-state index contributed by atoms with van der Waals surface area (Å²) in [6.45, 7) is 1.24. The molecule has 7 amide bonds. The molecule has 0 unspecified atom stereocenters. The van der Waals surface area contributed by atoms with Crippen LogP contribution in [0.5, 0.6) is 11.5 Å². The first kappa shape index (κ1) is 97.2. The van der Waals surface area contributed by atoms with Crippen LogP contribution in [0.3, 0.4) is 0 Å². The first-order chi connectivity index (χ1) is 55.0. The number of imide groups is 2. The number of carboxylic acid groups (broad SMARTS) is 6. The molecule has 42 heteroatoms. The normalized spacial score (nSPS) is 16.5. The van der Waals surface area contributed by atoms with Gasteiger partial charge >= 0.3 is 41.8 Å². The molecule has 3 saturated heterocycles. The molecule has 6 rings (SSSR count). The molecule has 116 heavy (non-hydrogen) atoms. The van der Waals surface area contributed by atoms with Gasteiger partial charge in [-0.25, -0.2) is 4.79 Å². The van der Waals surface area contributed by atoms with Gasteiger partial charge in [-0.2, -0.15) is 0 Å². The predicted molar refractivity (Wildman–Crippen MR) is 423 cm³/mol. The summed E-state index contributed by atoms with van der Waals surface area (Å²) in [5, 5.41) is 79.4. The topological polar surface area (TPSA) is 529 Å². The highest BCUT2D eigenvalue weighted by molar-refractivity contribution is 14.1. The molecule has 4 aliphatic rings. The molecule has 2 aromatic rings. The molecule has 0 spiro atoms. The third-order valence-electron chi connectivity index (χ3n) is 18.8. The Morgan fingerprint density at radius 3 is 1.00 bits per heavy atom. The van der Waals surface area contributed by atoms with Gasteiger partial charge in [0.05, 0.1) is 91.9 Å². The number of hydrogen-bond donors (Lipinski definition) is 9. The Kier molecular flexibility index (Phi) is 42.7. The van der Waals surface area contributed by atoms with E-state index in [4.69, 9.17) is 4.84 Å². The van der Waals surface area contributed by atoms with E-state index in [0.717, 1.165) is 17.1 Å². The van der Waals surface area contributed by atoms with Crippen molar-refractivity contribution >= 4 is 151 Å². The lowest BCUT2D eigenvalue weighted by Gasteiger charge is -2.32. The first-order valence-corrected chi connectivity index (χ1v) is 39.7. The fourth-order valence-electron chi connectivity index (χ4n) is 12.6. The molecule has 0 bridgehead atoms. The fraction of sp³-hybridized carbons (Fsp3) is 0.568. The van der Waals surface area contributed by atoms with E-state index in [9.17, 15) is 127 Å². The van der Waals surface area contributed by atoms with Gasteiger partial charge in [0, 0.05) is 188 Å². The first-order valence-electron chi connectivity index (χ1n) is 37.5. The number of nitrogens with one attached hydrogen (secondary N) is 1. The molecule has 0 saturated carbocycles. The summed E-state index contributed by atoms with van der Waals surface area (Å²) in [7, 11) is 0. The molecule has 4 heterocycles. The molecular weight excluding hydrogens is 1760 g/mol. The van der Waals surface area contributed by atoms with Crippen LogP contribution in [0.4, 0.5) is 0 Å². The van der Waals surface area contributed by atoms with Crippen LogP contribution >= 0.6 is 45.2 Å². The lowest BCUT2D eigenvalue weighted by Crippen LogP contribution is -2.49. The Balaban J connectivity index is 0.000000414. The number of carbonyl (C=O) groups is 18. The van der Waals surface area contributed by atoms with E-state index in [1.54, 1.807) is 58.6 Å². The van der Waals surface area contributed by atoms with Crippen molar-refractivity contribution in [2.24, 2.45) is 0 Å². The maximum absolute atomic E-state index is 13.5. The number of aliphatic carboxylic acids is 6. The average Bonchev–Trinajstić information content (AvgIpc) is 1.64. The molecule has 3 fully saturated rings. The lowest BCUT2D eigenvalue weighted by atomic mass is 10.1. The van der Waals surface area contributed by atoms with E-state index >= 15 is 0 Å². The van der Waals surface area contributed by atoms with Crippen molar-refractivity contribution in [2.45, 2.75) is 77.0 Å². The Morgan fingerprint density at radius 2 is 0.698 bits per heavy atom. The largest absolute Gasteiger partial charge is 0.507 e. The summed E-state index contributed by atoms with van der Waals surface area (Å²) >= 11 is 3.84. The Bertz CT molecular complexity index is 3790. The van der Waals surface area contributed by atoms with Crippen molar-refractivity contribution in [1.29, 1.82) is 0 Å². The SMILES string of the molecule is O=C(O)CN1CCN(CC(=O)O)CCN(CC(=O)CCCN(CC(=O)CCC(=O)NCCN2C(=O)C=CC2=O)C(=O)Cc2ccc(O)c(I)c2)CCN(CC(=O)O)CC1.O=C(O)CN1CCN(CC(=O)O)CCN(CC(=O)CCCN(CC(=O)CCC(=O)ON2C(=O)CCC2=O)C(=O)Cc2ccc(O)c(I)c2)CCN(CC(=O)O)CC1. The number of phenols is 2. The van der Waals surface area contributed by atoms with Gasteiger partial charge in [0.2, 0.25) is 17.7 Å². The molecular formula is C74H101I2N13O27. The van der Waals surface area contributed by atoms with Crippen molar-refractivity contribution in [3.63, 3.8) is 0 Å². The summed E-state index contributed by atoms with van der Waals surface area (Å²) in [6.07, 6.45) is 1.06. The lowest BCUT2D eigenvalue weighted by molar-refractivity contribution is -0.197. The highest BCUT2D eigenvalue weighted by atomic mass is 127. The number of carbonyl (C=O) groups excluding carboxylic acids is 12. The minimum absolute atomic E-state index is 0.00165. The average molecular weight is 1860 g/mol. The van der Waals surface area contributed by atoms with Crippen molar-refractivity contribution in [2.75, 3.05) is 196 Å². The van der Waals surface area contributed by atoms with Crippen LogP contribution in [0.25, 0.3) is 0 Å². The number of halogens is 2. The van der Waals surface area contributed by atoms with Crippen LogP contribution < -0.4 is 5.32 Å². The third-order valence-corrected chi connectivity index (χ3v) is 20.5. The van der Waals surface area contributed by atoms with E-state index in [0.29, 0.717) is 23.3 Å². The zero-order chi connectivity index (χ0) is 85.6. The standard InChI is InChI=1S/C38H52IN7O13.C36H49IN6O14/c39-30-20-27(3-5-31(30)49)21-35(53)45(23-29(48)4-6-32(50)40-9-11-46-33(51)7-8-34(46)52)10-1-2-28(47)22-41-12-14-42(24-36(54)55)16-18-44(26-38(58)59)19-17-43(15-13-41)25-37(56)57;37-28-18-25(3-5-29(28)46)19-32(49)42(21-27(45)4-8-36(56)57-43-30(47)6-7-31(43)48)9-1-2-26(44)20-38-10-12-39(22-33(50)51)14-16-41(24-35(54)55)17-15-40(13-11-38)23-34(52)53/h3,5,7-8,20,49H,1-2,4,6,9-19,21-26H2,(H,40,50)(H,54,55)(H,56,57)(H,58,59);3,5,18,46H,1-2,4,6-17,19-24H2,(H,50,51)(H,52,53)(H,54,55). The van der Waals surface area contributed by atoms with Crippen molar-refractivity contribution in [1.82, 2.24) is 64.3 Å². The highest BCUT2D eigenvalue weighted by Gasteiger charge is 2.34. The summed E-state index contributed by atoms with van der Waals surface area (Å²) in [4.78, 5) is 242. The summed E-state index contributed by atoms with van der Waals surface area (Å²) in [5.41, 5.74) is 1.16. The van der Waals surface area contributed by atoms with Crippen LogP contribution in [0.2, 0.25) is 0 Å². The van der Waals surface area contributed by atoms with Gasteiger partial charge in [0.25, 0.3) is 23.6 Å². The van der Waals surface area contributed by atoms with E-state index in [-0.39, 0.29) is 283 Å². The number of rotatable bonds is 42. The molecule has 638 valence electrons. The van der Waals surface area contributed by atoms with E-state index in [1.165, 1.54) is 21.9 Å². The summed E-state index contributed by atoms with van der Waals surface area (Å²) in [5.74, 6) is -12.3. The Labute approximate surface area is 695 Å². The fourth-order valence-corrected chi connectivity index (χ4v) is 13.7. The van der Waals surface area contributed by atoms with Gasteiger partial charge in [-0.05, 0) is 93.4 Å². The zero-order valence-electron chi connectivity index (χ0n) is 64.3. The van der Waals surface area contributed by atoms with Crippen LogP contribution in [0.1, 0.15) is 75.3 Å². The Hall–Kier alpha value is -9.42. The number of amides is 7. The number of hydroxylamine groups is 2. The highest BCUT2D eigenvalue weighted by Crippen LogP contribution is 2.23. The van der Waals surface area contributed by atoms with Crippen molar-refractivity contribution in [3.05, 3.63) is 66.8 Å². The van der Waals surface area contributed by atoms with Crippen molar-refractivity contribution < 1.29 is 132 Å². The molecule has 0 atom stereocenters. The van der Waals surface area contributed by atoms with E-state index in [2.05, 4.69) is 5.32 Å². The molecule has 40 nitrogen and oxygen atoms in total. The number of aromatic hydroxyl groups is 2. The van der Waals surface area contributed by atoms with Gasteiger partial charge in [-0.15, -0.1) is 5.06 Å². The zero-order valence-corrected chi connectivity index (χ0v) is 68.6. The number of hydrogen-bond acceptors (Lipinski definition) is 29. The van der Waals surface area contributed by atoms with Crippen LogP contribution in [-0.4, -0.2) is 402 Å². The number of carboxylic acids is 6. The number of phenolic OH excluding ortho intramolecular Hbond substituents is 2. The second-order valence-electron chi connectivity index (χ2n) is 28.0. The number of Topliss-reactive ketones (excluding diaryl/α,β-unsaturated/α-hetero) is 4. The predicted octanol–water partition coefficient (Wildman–Crippen LogP) is -2.27. The molecule has 4 aliphatic heterocycles. The van der Waals surface area contributed by atoms with Crippen LogP contribution in [0, 0.1) is 7.14 Å². The van der Waals surface area contributed by atoms with Crippen LogP contribution in [0.15, 0.2) is 48.6 Å². The van der Waals surface area contributed by atoms with Crippen LogP contribution in [-0.2, 0) is 104 Å². The molecule has 9 N–H and O–H groups in total. The van der Waals surface area contributed by atoms with Gasteiger partial charge in [0.1, 0.15) is 23.1 Å². The molecule has 0 radical (unpaired) electrons. The number of ketones is 4. The van der Waals surface area contributed by atoms with E-state index in [1.807, 2.05) is 50.1 Å². The summed E-state index contributed by atoms with van der Waals surface area (Å²) < 4.78 is 1.04. The monoisotopic (exact) mass is 1860 g/mol. The van der Waals surface area contributed by atoms with Gasteiger partial charge in [-0.1, -0.05) is 12.1 Å².